The van der Waals surface area contributed by atoms with E-state index in [0.717, 1.165) is 0 Å². The van der Waals surface area contributed by atoms with Crippen molar-refractivity contribution >= 4 is 11.9 Å². The highest BCUT2D eigenvalue weighted by Gasteiger charge is 2.17. The van der Waals surface area contributed by atoms with Gasteiger partial charge in [0.15, 0.2) is 0 Å². The molecule has 0 aliphatic carbocycles. The normalized spacial score (nSPS) is 9.07. The lowest BCUT2D eigenvalue weighted by Gasteiger charge is -2.02. The summed E-state index contributed by atoms with van der Waals surface area (Å²) in [5.41, 5.74) is 0. The minimum Gasteiger partial charge on any atom is -0.453 e. The van der Waals surface area contributed by atoms with Crippen LogP contribution in [0.2, 0.25) is 0 Å². The van der Waals surface area contributed by atoms with Gasteiger partial charge in [0, 0.05) is 0 Å². The Morgan fingerprint density at radius 1 is 1.20 bits per heavy atom. The fourth-order valence-electron chi connectivity index (χ4n) is 0.831. The van der Waals surface area contributed by atoms with E-state index in [1.165, 1.54) is 6.08 Å². The smallest absolute Gasteiger partial charge is 0.422 e. The molecule has 0 atom stereocenters. The van der Waals surface area contributed by atoms with E-state index in [0.29, 0.717) is 5.75 Å². The van der Waals surface area contributed by atoms with Gasteiger partial charge < -0.3 is 9.47 Å². The fourth-order valence-corrected chi connectivity index (χ4v) is 0.831. The molecule has 0 aliphatic rings. The van der Waals surface area contributed by atoms with Crippen molar-refractivity contribution < 1.29 is 19.1 Å². The predicted octanol–water partition coefficient (Wildman–Crippen LogP) is 1.32. The van der Waals surface area contributed by atoms with Crippen molar-refractivity contribution in [3.63, 3.8) is 0 Å². The predicted molar refractivity (Wildman–Crippen MR) is 53.2 cm³/mol. The molecular formula is C11H10O4. The molecule has 0 amide bonds. The lowest BCUT2D eigenvalue weighted by atomic mass is 10.3. The molecule has 1 rings (SSSR count). The quantitative estimate of drug-likeness (QED) is 0.324. The van der Waals surface area contributed by atoms with Crippen LogP contribution in [0.4, 0.5) is 0 Å². The highest BCUT2D eigenvalue weighted by atomic mass is 16.6. The van der Waals surface area contributed by atoms with Gasteiger partial charge in [-0.1, -0.05) is 30.9 Å². The number of hydrogen-bond donors (Lipinski definition) is 0. The minimum absolute atomic E-state index is 0.0112. The van der Waals surface area contributed by atoms with E-state index in [-0.39, 0.29) is 6.61 Å². The SMILES string of the molecule is C=CCOC(=O)C(=O)Oc1ccccc1. The first kappa shape index (κ1) is 11.0. The van der Waals surface area contributed by atoms with Crippen molar-refractivity contribution in [2.75, 3.05) is 6.61 Å². The lowest BCUT2D eigenvalue weighted by molar-refractivity contribution is -0.161. The van der Waals surface area contributed by atoms with Gasteiger partial charge in [-0.05, 0) is 12.1 Å². The van der Waals surface area contributed by atoms with Crippen LogP contribution in [0.1, 0.15) is 0 Å². The van der Waals surface area contributed by atoms with E-state index >= 15 is 0 Å². The number of para-hydroxylation sites is 1. The summed E-state index contributed by atoms with van der Waals surface area (Å²) < 4.78 is 9.22. The summed E-state index contributed by atoms with van der Waals surface area (Å²) in [7, 11) is 0. The van der Waals surface area contributed by atoms with Gasteiger partial charge in [-0.25, -0.2) is 9.59 Å². The van der Waals surface area contributed by atoms with E-state index < -0.39 is 11.9 Å². The monoisotopic (exact) mass is 206 g/mol. The van der Waals surface area contributed by atoms with Crippen molar-refractivity contribution in [3.05, 3.63) is 43.0 Å². The van der Waals surface area contributed by atoms with Gasteiger partial charge in [0.1, 0.15) is 12.4 Å². The first-order valence-electron chi connectivity index (χ1n) is 4.29. The summed E-state index contributed by atoms with van der Waals surface area (Å²) in [6, 6.07) is 8.29. The van der Waals surface area contributed by atoms with Crippen LogP contribution in [0.15, 0.2) is 43.0 Å². The summed E-state index contributed by atoms with van der Waals surface area (Å²) in [6.07, 6.45) is 1.37. The van der Waals surface area contributed by atoms with Gasteiger partial charge in [-0.2, -0.15) is 0 Å². The minimum atomic E-state index is -1.04. The Morgan fingerprint density at radius 3 is 2.47 bits per heavy atom. The Hall–Kier alpha value is -2.10. The molecule has 0 bridgehead atoms. The molecule has 15 heavy (non-hydrogen) atoms. The Bertz CT molecular complexity index is 356. The molecule has 4 nitrogen and oxygen atoms in total. The average Bonchev–Trinajstić information content (AvgIpc) is 2.27. The molecule has 0 saturated heterocycles. The molecule has 0 unspecified atom stereocenters. The van der Waals surface area contributed by atoms with Crippen molar-refractivity contribution in [2.45, 2.75) is 0 Å². The van der Waals surface area contributed by atoms with Gasteiger partial charge in [-0.3, -0.25) is 0 Å². The second-order valence-corrected chi connectivity index (χ2v) is 2.59. The molecule has 78 valence electrons. The summed E-state index contributed by atoms with van der Waals surface area (Å²) in [5, 5.41) is 0. The van der Waals surface area contributed by atoms with Crippen LogP contribution in [0.25, 0.3) is 0 Å². The third kappa shape index (κ3) is 3.64. The molecule has 1 aromatic rings. The molecule has 0 spiro atoms. The Morgan fingerprint density at radius 2 is 1.87 bits per heavy atom. The second-order valence-electron chi connectivity index (χ2n) is 2.59. The highest BCUT2D eigenvalue weighted by Crippen LogP contribution is 2.08. The summed E-state index contributed by atoms with van der Waals surface area (Å²) in [6.45, 7) is 3.34. The number of esters is 2. The maximum Gasteiger partial charge on any atom is 0.422 e. The van der Waals surface area contributed by atoms with Gasteiger partial charge in [0.25, 0.3) is 0 Å². The molecule has 1 aromatic carbocycles. The van der Waals surface area contributed by atoms with Crippen LogP contribution in [0.5, 0.6) is 5.75 Å². The summed E-state index contributed by atoms with van der Waals surface area (Å²) in [4.78, 5) is 22.0. The zero-order valence-corrected chi connectivity index (χ0v) is 8.01. The summed E-state index contributed by atoms with van der Waals surface area (Å²) >= 11 is 0. The molecule has 0 aliphatic heterocycles. The molecule has 0 N–H and O–H groups in total. The molecular weight excluding hydrogens is 196 g/mol. The third-order valence-electron chi connectivity index (χ3n) is 1.45. The van der Waals surface area contributed by atoms with Crippen LogP contribution >= 0.6 is 0 Å². The fraction of sp³-hybridized carbons (Fsp3) is 0.0909. The van der Waals surface area contributed by atoms with Gasteiger partial charge >= 0.3 is 11.9 Å². The number of ether oxygens (including phenoxy) is 2. The van der Waals surface area contributed by atoms with Crippen LogP contribution in [-0.4, -0.2) is 18.5 Å². The Kier molecular flexibility index (Phi) is 4.09. The highest BCUT2D eigenvalue weighted by molar-refractivity contribution is 6.30. The van der Waals surface area contributed by atoms with E-state index in [4.69, 9.17) is 4.74 Å². The van der Waals surface area contributed by atoms with E-state index in [1.807, 2.05) is 0 Å². The first-order valence-corrected chi connectivity index (χ1v) is 4.29. The zero-order chi connectivity index (χ0) is 11.1. The third-order valence-corrected chi connectivity index (χ3v) is 1.45. The van der Waals surface area contributed by atoms with Gasteiger partial charge in [-0.15, -0.1) is 0 Å². The molecule has 4 heteroatoms. The number of rotatable bonds is 3. The van der Waals surface area contributed by atoms with Crippen LogP contribution in [-0.2, 0) is 14.3 Å². The largest absolute Gasteiger partial charge is 0.453 e. The van der Waals surface area contributed by atoms with Gasteiger partial charge in [0.2, 0.25) is 0 Å². The molecule has 0 saturated carbocycles. The van der Waals surface area contributed by atoms with Gasteiger partial charge in [0.05, 0.1) is 0 Å². The molecule has 0 aromatic heterocycles. The topological polar surface area (TPSA) is 52.6 Å². The standard InChI is InChI=1S/C11H10O4/c1-2-8-14-10(12)11(13)15-9-6-4-3-5-7-9/h2-7H,1,8H2. The number of benzene rings is 1. The van der Waals surface area contributed by atoms with Crippen LogP contribution in [0.3, 0.4) is 0 Å². The van der Waals surface area contributed by atoms with E-state index in [1.54, 1.807) is 30.3 Å². The van der Waals surface area contributed by atoms with E-state index in [2.05, 4.69) is 11.3 Å². The number of carbonyl (C=O) groups excluding carboxylic acids is 2. The Balaban J connectivity index is 2.49. The maximum absolute atomic E-state index is 11.1. The number of carbonyl (C=O) groups is 2. The van der Waals surface area contributed by atoms with Crippen molar-refractivity contribution in [1.29, 1.82) is 0 Å². The Labute approximate surface area is 87.1 Å². The first-order chi connectivity index (χ1) is 7.24. The van der Waals surface area contributed by atoms with Crippen LogP contribution in [0, 0.1) is 0 Å². The molecule has 0 radical (unpaired) electrons. The summed E-state index contributed by atoms with van der Waals surface area (Å²) in [5.74, 6) is -1.76. The molecule has 0 heterocycles. The maximum atomic E-state index is 11.1. The molecule has 0 fully saturated rings. The average molecular weight is 206 g/mol. The zero-order valence-electron chi connectivity index (χ0n) is 8.01. The lowest BCUT2D eigenvalue weighted by Crippen LogP contribution is -2.22. The van der Waals surface area contributed by atoms with Crippen molar-refractivity contribution in [3.8, 4) is 5.75 Å². The number of hydrogen-bond acceptors (Lipinski definition) is 4. The van der Waals surface area contributed by atoms with Crippen LogP contribution < -0.4 is 4.74 Å². The second kappa shape index (κ2) is 5.59. The van der Waals surface area contributed by atoms with Crippen molar-refractivity contribution in [1.82, 2.24) is 0 Å². The van der Waals surface area contributed by atoms with Crippen molar-refractivity contribution in [2.24, 2.45) is 0 Å². The van der Waals surface area contributed by atoms with E-state index in [9.17, 15) is 9.59 Å².